The second-order valence-corrected chi connectivity index (χ2v) is 11.0. The van der Waals surface area contributed by atoms with Crippen LogP contribution in [0.25, 0.3) is 59.8 Å². The SMILES string of the molecule is c1ccc(-c2nc(-c3ccccc3)nc(-n3c4c(c5ccc6sc7ccccc7c6c53)CCCC4)n2)cc1. The molecule has 4 aromatic carbocycles. The van der Waals surface area contributed by atoms with Crippen molar-refractivity contribution < 1.29 is 0 Å². The van der Waals surface area contributed by atoms with E-state index in [1.54, 1.807) is 0 Å². The zero-order valence-corrected chi connectivity index (χ0v) is 21.6. The van der Waals surface area contributed by atoms with E-state index in [-0.39, 0.29) is 0 Å². The minimum atomic E-state index is 0.697. The summed E-state index contributed by atoms with van der Waals surface area (Å²) in [6, 6.07) is 33.9. The van der Waals surface area contributed by atoms with Gasteiger partial charge in [0.1, 0.15) is 0 Å². The molecule has 0 atom stereocenters. The molecule has 0 bridgehead atoms. The third kappa shape index (κ3) is 3.32. The van der Waals surface area contributed by atoms with E-state index in [1.165, 1.54) is 55.2 Å². The van der Waals surface area contributed by atoms with Gasteiger partial charge >= 0.3 is 0 Å². The second-order valence-electron chi connectivity index (χ2n) is 9.92. The number of hydrogen-bond donors (Lipinski definition) is 0. The highest BCUT2D eigenvalue weighted by Crippen LogP contribution is 2.43. The zero-order chi connectivity index (χ0) is 25.1. The van der Waals surface area contributed by atoms with Crippen LogP contribution in [0.15, 0.2) is 97.1 Å². The molecule has 0 N–H and O–H groups in total. The topological polar surface area (TPSA) is 43.6 Å². The number of fused-ring (bicyclic) bond motifs is 7. The van der Waals surface area contributed by atoms with Crippen molar-refractivity contribution >= 4 is 42.4 Å². The predicted molar refractivity (Wildman–Crippen MR) is 157 cm³/mol. The molecule has 3 heterocycles. The molecule has 7 aromatic rings. The average Bonchev–Trinajstić information content (AvgIpc) is 3.53. The van der Waals surface area contributed by atoms with Crippen molar-refractivity contribution in [3.05, 3.63) is 108 Å². The maximum atomic E-state index is 5.15. The van der Waals surface area contributed by atoms with Gasteiger partial charge in [0.2, 0.25) is 5.95 Å². The fourth-order valence-corrected chi connectivity index (χ4v) is 7.06. The van der Waals surface area contributed by atoms with Crippen molar-refractivity contribution in [2.75, 3.05) is 0 Å². The first-order valence-electron chi connectivity index (χ1n) is 13.2. The first kappa shape index (κ1) is 21.7. The van der Waals surface area contributed by atoms with Crippen LogP contribution in [0.5, 0.6) is 0 Å². The summed E-state index contributed by atoms with van der Waals surface area (Å²) in [4.78, 5) is 15.2. The number of aromatic nitrogens is 4. The first-order chi connectivity index (χ1) is 18.8. The summed E-state index contributed by atoms with van der Waals surface area (Å²) in [6.07, 6.45) is 4.52. The molecule has 0 unspecified atom stereocenters. The van der Waals surface area contributed by atoms with Crippen LogP contribution in [-0.4, -0.2) is 19.5 Å². The summed E-state index contributed by atoms with van der Waals surface area (Å²) in [6.45, 7) is 0. The number of benzene rings is 4. The second kappa shape index (κ2) is 8.61. The molecule has 0 aliphatic heterocycles. The lowest BCUT2D eigenvalue weighted by molar-refractivity contribution is 0.661. The average molecular weight is 509 g/mol. The van der Waals surface area contributed by atoms with Crippen LogP contribution in [0, 0.1) is 0 Å². The summed E-state index contributed by atoms with van der Waals surface area (Å²) in [5.41, 5.74) is 6.01. The summed E-state index contributed by atoms with van der Waals surface area (Å²) >= 11 is 1.86. The molecule has 0 saturated carbocycles. The van der Waals surface area contributed by atoms with Crippen LogP contribution in [0.4, 0.5) is 0 Å². The lowest BCUT2D eigenvalue weighted by Crippen LogP contribution is -2.11. The fraction of sp³-hybridized carbons (Fsp3) is 0.121. The smallest absolute Gasteiger partial charge is 0.238 e. The van der Waals surface area contributed by atoms with E-state index in [0.29, 0.717) is 17.6 Å². The Morgan fingerprint density at radius 1 is 0.579 bits per heavy atom. The molecular weight excluding hydrogens is 484 g/mol. The van der Waals surface area contributed by atoms with E-state index in [2.05, 4.69) is 65.2 Å². The largest absolute Gasteiger partial charge is 0.281 e. The molecule has 1 aliphatic carbocycles. The molecule has 182 valence electrons. The third-order valence-corrected chi connectivity index (χ3v) is 8.80. The molecule has 0 saturated heterocycles. The standard InChI is InChI=1S/C33H24N4S/c1-3-11-21(12-4-1)31-34-32(22-13-5-2-6-14-22)36-33(35-31)37-26-17-9-7-15-23(26)24-19-20-28-29(30(24)37)25-16-8-10-18-27(25)38-28/h1-6,8,10-14,16,18-20H,7,9,15,17H2. The Morgan fingerprint density at radius 2 is 1.24 bits per heavy atom. The lowest BCUT2D eigenvalue weighted by atomic mass is 9.95. The first-order valence-corrected chi connectivity index (χ1v) is 14.0. The van der Waals surface area contributed by atoms with Crippen LogP contribution >= 0.6 is 11.3 Å². The van der Waals surface area contributed by atoms with Crippen LogP contribution in [0.2, 0.25) is 0 Å². The van der Waals surface area contributed by atoms with Gasteiger partial charge in [-0.15, -0.1) is 11.3 Å². The predicted octanol–water partition coefficient (Wildman–Crippen LogP) is 8.40. The quantitative estimate of drug-likeness (QED) is 0.241. The van der Waals surface area contributed by atoms with Gasteiger partial charge in [0, 0.05) is 42.4 Å². The van der Waals surface area contributed by atoms with E-state index in [9.17, 15) is 0 Å². The third-order valence-electron chi connectivity index (χ3n) is 7.66. The Kier molecular flexibility index (Phi) is 4.92. The number of aryl methyl sites for hydroxylation is 1. The van der Waals surface area contributed by atoms with Gasteiger partial charge in [-0.2, -0.15) is 9.97 Å². The Bertz CT molecular complexity index is 1910. The van der Waals surface area contributed by atoms with Gasteiger partial charge in [-0.05, 0) is 43.4 Å². The fourth-order valence-electron chi connectivity index (χ4n) is 5.95. The van der Waals surface area contributed by atoms with Crippen LogP contribution in [0.1, 0.15) is 24.1 Å². The number of nitrogens with zero attached hydrogens (tertiary/aromatic N) is 4. The van der Waals surface area contributed by atoms with Crippen LogP contribution in [-0.2, 0) is 12.8 Å². The van der Waals surface area contributed by atoms with Gasteiger partial charge in [-0.25, -0.2) is 4.98 Å². The van der Waals surface area contributed by atoms with Gasteiger partial charge in [-0.1, -0.05) is 84.9 Å². The van der Waals surface area contributed by atoms with Gasteiger partial charge in [0.05, 0.1) is 5.52 Å². The molecule has 5 heteroatoms. The van der Waals surface area contributed by atoms with Gasteiger partial charge in [-0.3, -0.25) is 4.57 Å². The maximum Gasteiger partial charge on any atom is 0.238 e. The molecule has 8 rings (SSSR count). The Hall–Kier alpha value is -4.35. The Morgan fingerprint density at radius 3 is 1.97 bits per heavy atom. The summed E-state index contributed by atoms with van der Waals surface area (Å²) < 4.78 is 4.98. The lowest BCUT2D eigenvalue weighted by Gasteiger charge is -2.16. The van der Waals surface area contributed by atoms with E-state index >= 15 is 0 Å². The molecule has 38 heavy (non-hydrogen) atoms. The van der Waals surface area contributed by atoms with Crippen LogP contribution < -0.4 is 0 Å². The van der Waals surface area contributed by atoms with Crippen molar-refractivity contribution in [2.45, 2.75) is 25.7 Å². The van der Waals surface area contributed by atoms with Crippen molar-refractivity contribution in [3.8, 4) is 28.7 Å². The zero-order valence-electron chi connectivity index (χ0n) is 20.8. The number of rotatable bonds is 3. The van der Waals surface area contributed by atoms with E-state index < -0.39 is 0 Å². The van der Waals surface area contributed by atoms with E-state index in [4.69, 9.17) is 15.0 Å². The van der Waals surface area contributed by atoms with Crippen molar-refractivity contribution in [1.82, 2.24) is 19.5 Å². The van der Waals surface area contributed by atoms with Gasteiger partial charge in [0.15, 0.2) is 11.6 Å². The van der Waals surface area contributed by atoms with Crippen molar-refractivity contribution in [2.24, 2.45) is 0 Å². The number of hydrogen-bond acceptors (Lipinski definition) is 4. The van der Waals surface area contributed by atoms with Crippen LogP contribution in [0.3, 0.4) is 0 Å². The highest BCUT2D eigenvalue weighted by molar-refractivity contribution is 7.26. The Balaban J connectivity index is 1.51. The minimum Gasteiger partial charge on any atom is -0.281 e. The van der Waals surface area contributed by atoms with E-state index in [0.717, 1.165) is 24.0 Å². The van der Waals surface area contributed by atoms with E-state index in [1.807, 2.05) is 47.7 Å². The Labute approximate surface area is 224 Å². The molecule has 1 aliphatic rings. The molecule has 0 fully saturated rings. The van der Waals surface area contributed by atoms with Gasteiger partial charge in [0.25, 0.3) is 0 Å². The highest BCUT2D eigenvalue weighted by Gasteiger charge is 2.26. The molecular formula is C33H24N4S. The molecule has 0 amide bonds. The number of thiophene rings is 1. The summed E-state index contributed by atoms with van der Waals surface area (Å²) in [5.74, 6) is 2.10. The minimum absolute atomic E-state index is 0.697. The molecule has 0 radical (unpaired) electrons. The normalized spacial score (nSPS) is 13.4. The van der Waals surface area contributed by atoms with Gasteiger partial charge < -0.3 is 0 Å². The summed E-state index contributed by atoms with van der Waals surface area (Å²) in [7, 11) is 0. The molecule has 0 spiro atoms. The van der Waals surface area contributed by atoms with Crippen molar-refractivity contribution in [1.29, 1.82) is 0 Å². The summed E-state index contributed by atoms with van der Waals surface area (Å²) in [5, 5.41) is 3.94. The maximum absolute atomic E-state index is 5.15. The molecule has 4 nitrogen and oxygen atoms in total. The highest BCUT2D eigenvalue weighted by atomic mass is 32.1. The molecule has 3 aromatic heterocycles. The van der Waals surface area contributed by atoms with Crippen molar-refractivity contribution in [3.63, 3.8) is 0 Å². The monoisotopic (exact) mass is 508 g/mol.